The SMILES string of the molecule is CC(C)C1(O)C=C(Br)C(=O)C(Br)=C1. The van der Waals surface area contributed by atoms with Crippen LogP contribution in [0, 0.1) is 5.92 Å². The van der Waals surface area contributed by atoms with E-state index in [1.807, 2.05) is 13.8 Å². The van der Waals surface area contributed by atoms with Gasteiger partial charge in [0.1, 0.15) is 5.60 Å². The Morgan fingerprint density at radius 1 is 1.31 bits per heavy atom. The van der Waals surface area contributed by atoms with E-state index >= 15 is 0 Å². The monoisotopic (exact) mass is 308 g/mol. The zero-order chi connectivity index (χ0) is 10.2. The van der Waals surface area contributed by atoms with Crippen LogP contribution in [0.4, 0.5) is 0 Å². The zero-order valence-electron chi connectivity index (χ0n) is 7.34. The largest absolute Gasteiger partial charge is 0.381 e. The number of ketones is 1. The van der Waals surface area contributed by atoms with E-state index in [1.54, 1.807) is 0 Å². The lowest BCUT2D eigenvalue weighted by Crippen LogP contribution is -2.33. The van der Waals surface area contributed by atoms with E-state index in [4.69, 9.17) is 0 Å². The molecule has 0 bridgehead atoms. The van der Waals surface area contributed by atoms with Crippen molar-refractivity contribution in [3.63, 3.8) is 0 Å². The summed E-state index contributed by atoms with van der Waals surface area (Å²) in [5.74, 6) is -0.106. The molecule has 0 amide bonds. The summed E-state index contributed by atoms with van der Waals surface area (Å²) in [4.78, 5) is 11.3. The van der Waals surface area contributed by atoms with Crippen LogP contribution >= 0.6 is 31.9 Å². The fraction of sp³-hybridized carbons (Fsp3) is 0.444. The van der Waals surface area contributed by atoms with E-state index < -0.39 is 5.60 Å². The van der Waals surface area contributed by atoms with Gasteiger partial charge in [-0.05, 0) is 49.9 Å². The zero-order valence-corrected chi connectivity index (χ0v) is 10.5. The standard InChI is InChI=1S/C9H10Br2O2/c1-5(2)9(13)3-6(10)8(12)7(11)4-9/h3-5,13H,1-2H3. The number of aliphatic hydroxyl groups is 1. The van der Waals surface area contributed by atoms with Crippen molar-refractivity contribution in [3.05, 3.63) is 21.1 Å². The van der Waals surface area contributed by atoms with Crippen LogP contribution in [0.5, 0.6) is 0 Å². The summed E-state index contributed by atoms with van der Waals surface area (Å²) in [5, 5.41) is 10.0. The predicted octanol–water partition coefficient (Wildman–Crippen LogP) is 2.51. The van der Waals surface area contributed by atoms with Crippen LogP contribution in [0.3, 0.4) is 0 Å². The Hall–Kier alpha value is 0.0700. The van der Waals surface area contributed by atoms with Gasteiger partial charge in [0.2, 0.25) is 5.78 Å². The topological polar surface area (TPSA) is 37.3 Å². The second-order valence-electron chi connectivity index (χ2n) is 3.36. The molecule has 0 spiro atoms. The summed E-state index contributed by atoms with van der Waals surface area (Å²) in [7, 11) is 0. The summed E-state index contributed by atoms with van der Waals surface area (Å²) in [6.07, 6.45) is 3.06. The van der Waals surface area contributed by atoms with Gasteiger partial charge in [0.15, 0.2) is 0 Å². The molecule has 4 heteroatoms. The number of halogens is 2. The molecule has 0 aromatic carbocycles. The number of carbonyl (C=O) groups excluding carboxylic acids is 1. The number of hydrogen-bond acceptors (Lipinski definition) is 2. The number of allylic oxidation sites excluding steroid dienone is 2. The third-order valence-electron chi connectivity index (χ3n) is 2.07. The highest BCUT2D eigenvalue weighted by Crippen LogP contribution is 2.33. The Bertz CT molecular complexity index is 281. The molecule has 72 valence electrons. The molecule has 1 rings (SSSR count). The molecule has 13 heavy (non-hydrogen) atoms. The highest BCUT2D eigenvalue weighted by atomic mass is 79.9. The molecule has 0 saturated carbocycles. The Labute approximate surface area is 94.0 Å². The van der Waals surface area contributed by atoms with Crippen molar-refractivity contribution in [2.75, 3.05) is 0 Å². The minimum Gasteiger partial charge on any atom is -0.381 e. The number of Topliss-reactive ketones (excluding diaryl/α,β-unsaturated/α-hetero) is 1. The Morgan fingerprint density at radius 3 is 2.00 bits per heavy atom. The van der Waals surface area contributed by atoms with E-state index in [2.05, 4.69) is 31.9 Å². The van der Waals surface area contributed by atoms with Crippen molar-refractivity contribution in [2.24, 2.45) is 5.92 Å². The maximum Gasteiger partial charge on any atom is 0.206 e. The lowest BCUT2D eigenvalue weighted by atomic mass is 9.86. The van der Waals surface area contributed by atoms with Gasteiger partial charge in [-0.15, -0.1) is 0 Å². The van der Waals surface area contributed by atoms with Crippen LogP contribution in [0.2, 0.25) is 0 Å². The van der Waals surface area contributed by atoms with Crippen molar-refractivity contribution in [1.82, 2.24) is 0 Å². The van der Waals surface area contributed by atoms with E-state index in [0.717, 1.165) is 0 Å². The van der Waals surface area contributed by atoms with Crippen LogP contribution in [-0.2, 0) is 4.79 Å². The van der Waals surface area contributed by atoms with Crippen LogP contribution in [-0.4, -0.2) is 16.5 Å². The normalized spacial score (nSPS) is 21.5. The van der Waals surface area contributed by atoms with Crippen LogP contribution in [0.15, 0.2) is 21.1 Å². The van der Waals surface area contributed by atoms with Crippen molar-refractivity contribution in [1.29, 1.82) is 0 Å². The average molecular weight is 310 g/mol. The molecule has 0 saturated heterocycles. The van der Waals surface area contributed by atoms with Gasteiger partial charge in [-0.3, -0.25) is 4.79 Å². The quantitative estimate of drug-likeness (QED) is 0.808. The Balaban J connectivity index is 3.12. The summed E-state index contributed by atoms with van der Waals surface area (Å²) in [6, 6.07) is 0. The van der Waals surface area contributed by atoms with Gasteiger partial charge in [0.25, 0.3) is 0 Å². The van der Waals surface area contributed by atoms with Gasteiger partial charge >= 0.3 is 0 Å². The van der Waals surface area contributed by atoms with E-state index in [0.29, 0.717) is 8.96 Å². The molecule has 0 radical (unpaired) electrons. The molecule has 0 aliphatic heterocycles. The summed E-state index contributed by atoms with van der Waals surface area (Å²) >= 11 is 6.24. The molecule has 0 aromatic heterocycles. The predicted molar refractivity (Wildman–Crippen MR) is 58.8 cm³/mol. The summed E-state index contributed by atoms with van der Waals surface area (Å²) in [6.45, 7) is 3.78. The third kappa shape index (κ3) is 2.11. The molecule has 1 aliphatic carbocycles. The van der Waals surface area contributed by atoms with Crippen molar-refractivity contribution >= 4 is 37.6 Å². The fourth-order valence-corrected chi connectivity index (χ4v) is 2.45. The molecular weight excluding hydrogens is 300 g/mol. The number of carbonyl (C=O) groups is 1. The van der Waals surface area contributed by atoms with Crippen molar-refractivity contribution in [3.8, 4) is 0 Å². The molecule has 1 aliphatic rings. The van der Waals surface area contributed by atoms with Gasteiger partial charge in [-0.25, -0.2) is 0 Å². The van der Waals surface area contributed by atoms with Gasteiger partial charge in [-0.1, -0.05) is 13.8 Å². The lowest BCUT2D eigenvalue weighted by molar-refractivity contribution is -0.111. The Morgan fingerprint density at radius 2 is 1.69 bits per heavy atom. The van der Waals surface area contributed by atoms with Gasteiger partial charge < -0.3 is 5.11 Å². The first-order valence-corrected chi connectivity index (χ1v) is 5.49. The molecule has 0 fully saturated rings. The Kier molecular flexibility index (Phi) is 3.15. The van der Waals surface area contributed by atoms with Crippen LogP contribution in [0.1, 0.15) is 13.8 Å². The first-order chi connectivity index (χ1) is 5.87. The summed E-state index contributed by atoms with van der Waals surface area (Å²) < 4.78 is 0.802. The molecule has 0 heterocycles. The minimum atomic E-state index is -1.04. The second-order valence-corrected chi connectivity index (χ2v) is 5.06. The molecule has 2 nitrogen and oxygen atoms in total. The van der Waals surface area contributed by atoms with E-state index in [9.17, 15) is 9.90 Å². The third-order valence-corrected chi connectivity index (χ3v) is 3.25. The van der Waals surface area contributed by atoms with E-state index in [-0.39, 0.29) is 11.7 Å². The number of rotatable bonds is 1. The molecular formula is C9H10Br2O2. The molecule has 0 atom stereocenters. The highest BCUT2D eigenvalue weighted by molar-refractivity contribution is 9.13. The van der Waals surface area contributed by atoms with E-state index in [1.165, 1.54) is 12.2 Å². The van der Waals surface area contributed by atoms with Crippen LogP contribution < -0.4 is 0 Å². The summed E-state index contributed by atoms with van der Waals surface area (Å²) in [5.41, 5.74) is -1.04. The second kappa shape index (κ2) is 3.67. The fourth-order valence-electron chi connectivity index (χ4n) is 1.03. The van der Waals surface area contributed by atoms with Crippen molar-refractivity contribution < 1.29 is 9.90 Å². The van der Waals surface area contributed by atoms with Gasteiger partial charge in [0.05, 0.1) is 8.96 Å². The number of hydrogen-bond donors (Lipinski definition) is 1. The molecule has 0 aromatic rings. The minimum absolute atomic E-state index is 0.0284. The average Bonchev–Trinajstić information content (AvgIpc) is 2.00. The van der Waals surface area contributed by atoms with Crippen LogP contribution in [0.25, 0.3) is 0 Å². The molecule has 1 N–H and O–H groups in total. The maximum atomic E-state index is 11.3. The first-order valence-electron chi connectivity index (χ1n) is 3.90. The highest BCUT2D eigenvalue weighted by Gasteiger charge is 2.32. The first kappa shape index (κ1) is 11.1. The van der Waals surface area contributed by atoms with Gasteiger partial charge in [-0.2, -0.15) is 0 Å². The molecule has 0 unspecified atom stereocenters. The lowest BCUT2D eigenvalue weighted by Gasteiger charge is -2.28. The maximum absolute atomic E-state index is 11.3. The van der Waals surface area contributed by atoms with Gasteiger partial charge in [0, 0.05) is 0 Å². The smallest absolute Gasteiger partial charge is 0.206 e. The van der Waals surface area contributed by atoms with Crippen molar-refractivity contribution in [2.45, 2.75) is 19.4 Å².